The smallest absolute Gasteiger partial charge is 0.254 e. The Morgan fingerprint density at radius 1 is 1.00 bits per heavy atom. The Labute approximate surface area is 201 Å². The van der Waals surface area contributed by atoms with Crippen molar-refractivity contribution in [3.05, 3.63) is 100 Å². The molecule has 3 aromatic rings. The van der Waals surface area contributed by atoms with Gasteiger partial charge in [0.05, 0.1) is 30.8 Å². The number of anilines is 1. The fourth-order valence-electron chi connectivity index (χ4n) is 4.59. The van der Waals surface area contributed by atoms with Gasteiger partial charge in [-0.1, -0.05) is 66.2 Å². The summed E-state index contributed by atoms with van der Waals surface area (Å²) in [6, 6.07) is 21.6. The molecular formula is C25H21Cl2N3O3. The van der Waals surface area contributed by atoms with E-state index in [1.54, 1.807) is 33.6 Å². The predicted octanol–water partition coefficient (Wildman–Crippen LogP) is 4.84. The van der Waals surface area contributed by atoms with Gasteiger partial charge in [-0.2, -0.15) is 0 Å². The molecular weight excluding hydrogens is 461 g/mol. The molecule has 8 heteroatoms. The summed E-state index contributed by atoms with van der Waals surface area (Å²) in [5.74, 6) is -1.14. The van der Waals surface area contributed by atoms with Crippen LogP contribution < -0.4 is 9.90 Å². The van der Waals surface area contributed by atoms with E-state index in [1.807, 2.05) is 48.5 Å². The topological polar surface area (TPSA) is 61.9 Å². The van der Waals surface area contributed by atoms with Crippen molar-refractivity contribution in [2.45, 2.75) is 18.6 Å². The fourth-order valence-corrected chi connectivity index (χ4v) is 4.98. The van der Waals surface area contributed by atoms with Crippen LogP contribution in [0, 0.1) is 0 Å². The van der Waals surface area contributed by atoms with Gasteiger partial charge in [0.1, 0.15) is 0 Å². The Kier molecular flexibility index (Phi) is 5.98. The van der Waals surface area contributed by atoms with Gasteiger partial charge in [0.15, 0.2) is 0 Å². The standard InChI is InChI=1S/C25H21Cl2N3O3/c26-17-10-11-20-21(14-17)30(27)13-12-29-23(20)22(18-8-4-5-9-19(18)25(29)32)24(31)28-33-15-16-6-2-1-3-7-16/h1-11,14,22-23H,12-13,15H2,(H,28,31)/t22-,23+/m1/s1. The molecule has 2 amide bonds. The summed E-state index contributed by atoms with van der Waals surface area (Å²) in [7, 11) is 0. The molecule has 2 heterocycles. The van der Waals surface area contributed by atoms with Crippen LogP contribution in [0.25, 0.3) is 0 Å². The van der Waals surface area contributed by atoms with Gasteiger partial charge in [-0.15, -0.1) is 0 Å². The molecule has 6 nitrogen and oxygen atoms in total. The summed E-state index contributed by atoms with van der Waals surface area (Å²) in [6.07, 6.45) is 0. The number of carbonyl (C=O) groups is 2. The second-order valence-electron chi connectivity index (χ2n) is 8.04. The van der Waals surface area contributed by atoms with Gasteiger partial charge in [-0.25, -0.2) is 5.48 Å². The minimum atomic E-state index is -0.683. The van der Waals surface area contributed by atoms with E-state index in [0.717, 1.165) is 11.1 Å². The van der Waals surface area contributed by atoms with Crippen LogP contribution in [0.5, 0.6) is 0 Å². The van der Waals surface area contributed by atoms with Gasteiger partial charge < -0.3 is 4.90 Å². The minimum Gasteiger partial charge on any atom is -0.329 e. The van der Waals surface area contributed by atoms with E-state index < -0.39 is 12.0 Å². The lowest BCUT2D eigenvalue weighted by Crippen LogP contribution is -2.47. The highest BCUT2D eigenvalue weighted by Crippen LogP contribution is 2.47. The molecule has 0 unspecified atom stereocenters. The van der Waals surface area contributed by atoms with Crippen LogP contribution in [-0.4, -0.2) is 29.8 Å². The van der Waals surface area contributed by atoms with Crippen LogP contribution in [0.1, 0.15) is 39.0 Å². The van der Waals surface area contributed by atoms with Gasteiger partial charge in [-0.3, -0.25) is 18.8 Å². The van der Waals surface area contributed by atoms with Gasteiger partial charge >= 0.3 is 0 Å². The molecule has 0 fully saturated rings. The highest BCUT2D eigenvalue weighted by molar-refractivity contribution is 6.31. The molecule has 0 saturated heterocycles. The SMILES string of the molecule is O=C(NOCc1ccccc1)[C@@H]1c2ccccc2C(=O)N2CCN(Cl)c3cc(Cl)ccc3[C@@H]12. The second kappa shape index (κ2) is 9.06. The van der Waals surface area contributed by atoms with E-state index in [0.29, 0.717) is 34.9 Å². The first-order chi connectivity index (χ1) is 16.0. The van der Waals surface area contributed by atoms with Gasteiger partial charge in [0.25, 0.3) is 11.8 Å². The third-order valence-electron chi connectivity index (χ3n) is 6.09. The van der Waals surface area contributed by atoms with Gasteiger partial charge in [0.2, 0.25) is 0 Å². The predicted molar refractivity (Wildman–Crippen MR) is 127 cm³/mol. The number of rotatable bonds is 4. The Hall–Kier alpha value is -3.06. The van der Waals surface area contributed by atoms with Gasteiger partial charge in [0, 0.05) is 34.5 Å². The fraction of sp³-hybridized carbons (Fsp3) is 0.200. The molecule has 1 N–H and O–H groups in total. The molecule has 0 saturated carbocycles. The Morgan fingerprint density at radius 3 is 2.58 bits per heavy atom. The zero-order chi connectivity index (χ0) is 22.9. The van der Waals surface area contributed by atoms with Crippen molar-refractivity contribution in [3.63, 3.8) is 0 Å². The lowest BCUT2D eigenvalue weighted by molar-refractivity contribution is -0.137. The highest BCUT2D eigenvalue weighted by Gasteiger charge is 2.46. The Balaban J connectivity index is 1.54. The minimum absolute atomic E-state index is 0.127. The summed E-state index contributed by atoms with van der Waals surface area (Å²) in [5, 5.41) is 0.530. The molecule has 33 heavy (non-hydrogen) atoms. The number of hydroxylamine groups is 1. The summed E-state index contributed by atoms with van der Waals surface area (Å²) < 4.78 is 1.55. The maximum absolute atomic E-state index is 13.5. The van der Waals surface area contributed by atoms with E-state index in [-0.39, 0.29) is 18.4 Å². The first-order valence-electron chi connectivity index (χ1n) is 10.6. The van der Waals surface area contributed by atoms with E-state index in [1.165, 1.54) is 0 Å². The van der Waals surface area contributed by atoms with Gasteiger partial charge in [-0.05, 0) is 29.3 Å². The first-order valence-corrected chi connectivity index (χ1v) is 11.3. The number of halogens is 2. The molecule has 0 bridgehead atoms. The number of fused-ring (bicyclic) bond motifs is 4. The van der Waals surface area contributed by atoms with Crippen molar-refractivity contribution in [1.29, 1.82) is 0 Å². The van der Waals surface area contributed by atoms with Crippen LogP contribution in [-0.2, 0) is 16.2 Å². The third-order valence-corrected chi connectivity index (χ3v) is 6.67. The quantitative estimate of drug-likeness (QED) is 0.427. The van der Waals surface area contributed by atoms with Crippen LogP contribution >= 0.6 is 23.4 Å². The number of carbonyl (C=O) groups excluding carboxylic acids is 2. The van der Waals surface area contributed by atoms with Crippen molar-refractivity contribution in [3.8, 4) is 0 Å². The molecule has 0 radical (unpaired) electrons. The molecule has 2 aliphatic rings. The first kappa shape index (κ1) is 21.8. The molecule has 0 aliphatic carbocycles. The average molecular weight is 482 g/mol. The van der Waals surface area contributed by atoms with Crippen molar-refractivity contribution in [1.82, 2.24) is 10.4 Å². The molecule has 2 aliphatic heterocycles. The van der Waals surface area contributed by atoms with E-state index in [9.17, 15) is 9.59 Å². The number of benzene rings is 3. The monoisotopic (exact) mass is 481 g/mol. The summed E-state index contributed by atoms with van der Waals surface area (Å²) in [6.45, 7) is 0.996. The zero-order valence-electron chi connectivity index (χ0n) is 17.6. The lowest BCUT2D eigenvalue weighted by atomic mass is 9.79. The van der Waals surface area contributed by atoms with Crippen molar-refractivity contribution in [2.24, 2.45) is 0 Å². The largest absolute Gasteiger partial charge is 0.329 e. The normalized spacial score (nSPS) is 19.3. The van der Waals surface area contributed by atoms with Crippen LogP contribution in [0.4, 0.5) is 5.69 Å². The summed E-state index contributed by atoms with van der Waals surface area (Å²) in [5.41, 5.74) is 6.17. The third kappa shape index (κ3) is 4.06. The number of nitrogens with zero attached hydrogens (tertiary/aromatic N) is 2. The van der Waals surface area contributed by atoms with Crippen LogP contribution in [0.3, 0.4) is 0 Å². The average Bonchev–Trinajstić information content (AvgIpc) is 2.97. The molecule has 0 spiro atoms. The maximum Gasteiger partial charge on any atom is 0.254 e. The van der Waals surface area contributed by atoms with E-state index in [2.05, 4.69) is 5.48 Å². The second-order valence-corrected chi connectivity index (χ2v) is 8.88. The number of amides is 2. The Bertz CT molecular complexity index is 1200. The van der Waals surface area contributed by atoms with Crippen LogP contribution in [0.2, 0.25) is 5.02 Å². The molecule has 3 aromatic carbocycles. The zero-order valence-corrected chi connectivity index (χ0v) is 19.1. The Morgan fingerprint density at radius 2 is 1.76 bits per heavy atom. The van der Waals surface area contributed by atoms with E-state index >= 15 is 0 Å². The van der Waals surface area contributed by atoms with Crippen molar-refractivity contribution < 1.29 is 14.4 Å². The number of hydrogen-bond acceptors (Lipinski definition) is 4. The molecule has 5 rings (SSSR count). The van der Waals surface area contributed by atoms with E-state index in [4.69, 9.17) is 28.2 Å². The lowest BCUT2D eigenvalue weighted by Gasteiger charge is -2.40. The van der Waals surface area contributed by atoms with Crippen molar-refractivity contribution >= 4 is 40.9 Å². The molecule has 0 aromatic heterocycles. The van der Waals surface area contributed by atoms with Crippen LogP contribution in [0.15, 0.2) is 72.8 Å². The number of hydrogen-bond donors (Lipinski definition) is 1. The number of nitrogens with one attached hydrogen (secondary N) is 1. The maximum atomic E-state index is 13.5. The highest BCUT2D eigenvalue weighted by atomic mass is 35.5. The molecule has 168 valence electrons. The van der Waals surface area contributed by atoms with Crippen molar-refractivity contribution in [2.75, 3.05) is 17.5 Å². The summed E-state index contributed by atoms with van der Waals surface area (Å²) >= 11 is 12.8. The summed E-state index contributed by atoms with van der Waals surface area (Å²) in [4.78, 5) is 34.2. The molecule has 2 atom stereocenters.